The van der Waals surface area contributed by atoms with Crippen molar-refractivity contribution >= 4 is 5.91 Å². The van der Waals surface area contributed by atoms with E-state index in [0.29, 0.717) is 13.0 Å². The normalized spacial score (nSPS) is 9.61. The Morgan fingerprint density at radius 2 is 2.06 bits per heavy atom. The van der Waals surface area contributed by atoms with Crippen LogP contribution in [0.25, 0.3) is 0 Å². The largest absolute Gasteiger partial charge is 0.497 e. The molecule has 0 aromatic heterocycles. The Labute approximate surface area is 108 Å². The molecule has 1 aromatic carbocycles. The molecule has 0 aliphatic rings. The number of benzene rings is 1. The zero-order valence-electron chi connectivity index (χ0n) is 10.8. The molecular weight excluding hydrogens is 228 g/mol. The van der Waals surface area contributed by atoms with Gasteiger partial charge in [0.25, 0.3) is 0 Å². The van der Waals surface area contributed by atoms with Gasteiger partial charge in [0.15, 0.2) is 0 Å². The van der Waals surface area contributed by atoms with Gasteiger partial charge in [-0.2, -0.15) is 5.26 Å². The highest BCUT2D eigenvalue weighted by Gasteiger charge is 2.07. The molecule has 1 aromatic rings. The first-order valence-corrected chi connectivity index (χ1v) is 5.91. The lowest BCUT2D eigenvalue weighted by Crippen LogP contribution is -2.28. The summed E-state index contributed by atoms with van der Waals surface area (Å²) in [5.74, 6) is 0.849. The SMILES string of the molecule is COc1ccc(CCN(C)C(=O)CCC#N)cc1. The summed E-state index contributed by atoms with van der Waals surface area (Å²) in [6.07, 6.45) is 1.39. The molecule has 0 aliphatic heterocycles. The van der Waals surface area contributed by atoms with E-state index >= 15 is 0 Å². The van der Waals surface area contributed by atoms with Crippen molar-refractivity contribution in [3.63, 3.8) is 0 Å². The van der Waals surface area contributed by atoms with Crippen molar-refractivity contribution in [3.8, 4) is 11.8 Å². The van der Waals surface area contributed by atoms with E-state index in [4.69, 9.17) is 10.00 Å². The second-order valence-electron chi connectivity index (χ2n) is 4.07. The molecule has 1 amide bonds. The highest BCUT2D eigenvalue weighted by molar-refractivity contribution is 5.76. The number of methoxy groups -OCH3 is 1. The summed E-state index contributed by atoms with van der Waals surface area (Å²) in [4.78, 5) is 13.2. The average Bonchev–Trinajstić information content (AvgIpc) is 2.42. The molecule has 0 spiro atoms. The number of hydrogen-bond acceptors (Lipinski definition) is 3. The first-order valence-electron chi connectivity index (χ1n) is 5.91. The minimum Gasteiger partial charge on any atom is -0.497 e. The van der Waals surface area contributed by atoms with E-state index in [0.717, 1.165) is 17.7 Å². The number of rotatable bonds is 6. The molecule has 96 valence electrons. The van der Waals surface area contributed by atoms with Crippen LogP contribution >= 0.6 is 0 Å². The molecule has 0 fully saturated rings. The Balaban J connectivity index is 2.39. The van der Waals surface area contributed by atoms with Gasteiger partial charge in [0, 0.05) is 26.4 Å². The quantitative estimate of drug-likeness (QED) is 0.771. The van der Waals surface area contributed by atoms with Crippen molar-refractivity contribution in [1.82, 2.24) is 4.90 Å². The first-order chi connectivity index (χ1) is 8.67. The maximum absolute atomic E-state index is 11.6. The third kappa shape index (κ3) is 4.46. The van der Waals surface area contributed by atoms with Crippen LogP contribution < -0.4 is 4.74 Å². The number of carbonyl (C=O) groups excluding carboxylic acids is 1. The maximum Gasteiger partial charge on any atom is 0.223 e. The van der Waals surface area contributed by atoms with E-state index in [-0.39, 0.29) is 12.3 Å². The van der Waals surface area contributed by atoms with Gasteiger partial charge >= 0.3 is 0 Å². The van der Waals surface area contributed by atoms with Crippen LogP contribution in [-0.2, 0) is 11.2 Å². The third-order valence-corrected chi connectivity index (χ3v) is 2.77. The molecular formula is C14H18N2O2. The highest BCUT2D eigenvalue weighted by atomic mass is 16.5. The van der Waals surface area contributed by atoms with Crippen molar-refractivity contribution in [1.29, 1.82) is 5.26 Å². The standard InChI is InChI=1S/C14H18N2O2/c1-16(14(17)4-3-10-15)11-9-12-5-7-13(18-2)8-6-12/h5-8H,3-4,9,11H2,1-2H3. The van der Waals surface area contributed by atoms with Crippen molar-refractivity contribution in [2.24, 2.45) is 0 Å². The zero-order chi connectivity index (χ0) is 13.4. The van der Waals surface area contributed by atoms with Crippen molar-refractivity contribution in [3.05, 3.63) is 29.8 Å². The van der Waals surface area contributed by atoms with E-state index in [1.54, 1.807) is 19.1 Å². The van der Waals surface area contributed by atoms with Gasteiger partial charge in [0.05, 0.1) is 13.2 Å². The number of hydrogen-bond donors (Lipinski definition) is 0. The molecule has 0 atom stereocenters. The van der Waals surface area contributed by atoms with Crippen molar-refractivity contribution in [2.45, 2.75) is 19.3 Å². The van der Waals surface area contributed by atoms with Crippen molar-refractivity contribution in [2.75, 3.05) is 20.7 Å². The summed E-state index contributed by atoms with van der Waals surface area (Å²) in [7, 11) is 3.40. The molecule has 0 radical (unpaired) electrons. The number of ether oxygens (including phenoxy) is 1. The van der Waals surface area contributed by atoms with E-state index in [1.807, 2.05) is 30.3 Å². The minimum absolute atomic E-state index is 0.0186. The molecule has 0 N–H and O–H groups in total. The van der Waals surface area contributed by atoms with E-state index in [9.17, 15) is 4.79 Å². The molecule has 0 saturated carbocycles. The van der Waals surface area contributed by atoms with E-state index < -0.39 is 0 Å². The van der Waals surface area contributed by atoms with Gasteiger partial charge in [-0.05, 0) is 24.1 Å². The fraction of sp³-hybridized carbons (Fsp3) is 0.429. The lowest BCUT2D eigenvalue weighted by Gasteiger charge is -2.16. The number of nitrogens with zero attached hydrogens (tertiary/aromatic N) is 2. The Morgan fingerprint density at radius 3 is 2.61 bits per heavy atom. The number of carbonyl (C=O) groups is 1. The molecule has 18 heavy (non-hydrogen) atoms. The third-order valence-electron chi connectivity index (χ3n) is 2.77. The summed E-state index contributed by atoms with van der Waals surface area (Å²) >= 11 is 0. The number of nitriles is 1. The van der Waals surface area contributed by atoms with Crippen LogP contribution in [-0.4, -0.2) is 31.5 Å². The molecule has 0 bridgehead atoms. The van der Waals surface area contributed by atoms with Crippen LogP contribution in [0.5, 0.6) is 5.75 Å². The second-order valence-corrected chi connectivity index (χ2v) is 4.07. The Bertz CT molecular complexity index is 420. The highest BCUT2D eigenvalue weighted by Crippen LogP contribution is 2.12. The topological polar surface area (TPSA) is 53.3 Å². The fourth-order valence-electron chi connectivity index (χ4n) is 1.57. The average molecular weight is 246 g/mol. The van der Waals surface area contributed by atoms with Gasteiger partial charge in [0.2, 0.25) is 5.91 Å². The summed E-state index contributed by atoms with van der Waals surface area (Å²) in [6.45, 7) is 0.663. The monoisotopic (exact) mass is 246 g/mol. The summed E-state index contributed by atoms with van der Waals surface area (Å²) in [5, 5.41) is 8.42. The smallest absolute Gasteiger partial charge is 0.223 e. The van der Waals surface area contributed by atoms with Crippen LogP contribution in [0, 0.1) is 11.3 Å². The van der Waals surface area contributed by atoms with Crippen LogP contribution in [0.2, 0.25) is 0 Å². The maximum atomic E-state index is 11.6. The molecule has 4 heteroatoms. The van der Waals surface area contributed by atoms with Gasteiger partial charge < -0.3 is 9.64 Å². The van der Waals surface area contributed by atoms with E-state index in [2.05, 4.69) is 0 Å². The van der Waals surface area contributed by atoms with E-state index in [1.165, 1.54) is 0 Å². The molecule has 4 nitrogen and oxygen atoms in total. The van der Waals surface area contributed by atoms with Crippen LogP contribution in [0.15, 0.2) is 24.3 Å². The predicted octanol–water partition coefficient (Wildman–Crippen LogP) is 2.00. The van der Waals surface area contributed by atoms with Gasteiger partial charge in [-0.3, -0.25) is 4.79 Å². The van der Waals surface area contributed by atoms with Gasteiger partial charge in [0.1, 0.15) is 5.75 Å². The van der Waals surface area contributed by atoms with Crippen LogP contribution in [0.1, 0.15) is 18.4 Å². The Kier molecular flexibility index (Phi) is 5.72. The minimum atomic E-state index is 0.0186. The molecule has 1 rings (SSSR count). The van der Waals surface area contributed by atoms with Crippen LogP contribution in [0.4, 0.5) is 0 Å². The van der Waals surface area contributed by atoms with Gasteiger partial charge in [-0.1, -0.05) is 12.1 Å². The first kappa shape index (κ1) is 14.0. The Hall–Kier alpha value is -2.02. The number of likely N-dealkylation sites (N-methyl/N-ethyl adjacent to an activating group) is 1. The summed E-state index contributed by atoms with van der Waals surface area (Å²) < 4.78 is 5.08. The number of amides is 1. The fourth-order valence-corrected chi connectivity index (χ4v) is 1.57. The lowest BCUT2D eigenvalue weighted by molar-refractivity contribution is -0.129. The van der Waals surface area contributed by atoms with Crippen molar-refractivity contribution < 1.29 is 9.53 Å². The summed E-state index contributed by atoms with van der Waals surface area (Å²) in [6, 6.07) is 9.78. The molecule has 0 aliphatic carbocycles. The Morgan fingerprint density at radius 1 is 1.39 bits per heavy atom. The van der Waals surface area contributed by atoms with Crippen LogP contribution in [0.3, 0.4) is 0 Å². The second kappa shape index (κ2) is 7.33. The molecule has 0 saturated heterocycles. The molecule has 0 heterocycles. The summed E-state index contributed by atoms with van der Waals surface area (Å²) in [5.41, 5.74) is 1.16. The van der Waals surface area contributed by atoms with Gasteiger partial charge in [-0.15, -0.1) is 0 Å². The predicted molar refractivity (Wildman–Crippen MR) is 69.2 cm³/mol. The molecule has 0 unspecified atom stereocenters. The van der Waals surface area contributed by atoms with Gasteiger partial charge in [-0.25, -0.2) is 0 Å². The zero-order valence-corrected chi connectivity index (χ0v) is 10.8. The lowest BCUT2D eigenvalue weighted by atomic mass is 10.1.